The van der Waals surface area contributed by atoms with Crippen LogP contribution in [0.4, 0.5) is 13.2 Å². The number of amides is 1. The zero-order valence-electron chi connectivity index (χ0n) is 16.8. The van der Waals surface area contributed by atoms with Crippen molar-refractivity contribution in [2.24, 2.45) is 7.05 Å². The van der Waals surface area contributed by atoms with Gasteiger partial charge in [0.05, 0.1) is 6.20 Å². The molecule has 2 aliphatic rings. The number of aromatic nitrogens is 2. The Morgan fingerprint density at radius 3 is 2.45 bits per heavy atom. The summed E-state index contributed by atoms with van der Waals surface area (Å²) in [5.41, 5.74) is -2.00. The van der Waals surface area contributed by atoms with E-state index < -0.39 is 11.8 Å². The van der Waals surface area contributed by atoms with E-state index in [-0.39, 0.29) is 28.2 Å². The van der Waals surface area contributed by atoms with Gasteiger partial charge in [-0.3, -0.25) is 9.48 Å². The summed E-state index contributed by atoms with van der Waals surface area (Å²) >= 11 is 0. The van der Waals surface area contributed by atoms with E-state index >= 15 is 0 Å². The maximum Gasteiger partial charge on any atom is 0.425 e. The van der Waals surface area contributed by atoms with Gasteiger partial charge in [-0.25, -0.2) is 0 Å². The van der Waals surface area contributed by atoms with E-state index in [1.807, 2.05) is 0 Å². The predicted octanol–water partition coefficient (Wildman–Crippen LogP) is 4.10. The molecule has 2 heterocycles. The SMILES string of the molecule is Cn1cc(-c2cc(C(=O)N3CCCC3)cc3c2-c2ccccc2C3(O)C(F)(F)F)cn1. The molecule has 1 aromatic heterocycles. The van der Waals surface area contributed by atoms with Crippen molar-refractivity contribution < 1.29 is 23.1 Å². The first-order valence-electron chi connectivity index (χ1n) is 10.1. The normalized spacial score (nSPS) is 20.1. The van der Waals surface area contributed by atoms with Crippen molar-refractivity contribution in [3.63, 3.8) is 0 Å². The van der Waals surface area contributed by atoms with Gasteiger partial charge in [0.2, 0.25) is 5.60 Å². The molecular formula is C23H20F3N3O2. The van der Waals surface area contributed by atoms with E-state index in [1.54, 1.807) is 47.2 Å². The first-order valence-corrected chi connectivity index (χ1v) is 10.1. The molecule has 0 spiro atoms. The van der Waals surface area contributed by atoms with Gasteiger partial charge in [-0.15, -0.1) is 0 Å². The third-order valence-electron chi connectivity index (χ3n) is 6.18. The monoisotopic (exact) mass is 427 g/mol. The fraction of sp³-hybridized carbons (Fsp3) is 0.304. The molecule has 1 aliphatic carbocycles. The van der Waals surface area contributed by atoms with Gasteiger partial charge in [0.25, 0.3) is 5.91 Å². The van der Waals surface area contributed by atoms with Crippen molar-refractivity contribution in [2.75, 3.05) is 13.1 Å². The summed E-state index contributed by atoms with van der Waals surface area (Å²) in [6.07, 6.45) is 0.00459. The topological polar surface area (TPSA) is 58.4 Å². The highest BCUT2D eigenvalue weighted by Gasteiger charge is 2.61. The lowest BCUT2D eigenvalue weighted by Crippen LogP contribution is -2.41. The molecule has 1 amide bonds. The van der Waals surface area contributed by atoms with Crippen molar-refractivity contribution in [2.45, 2.75) is 24.6 Å². The van der Waals surface area contributed by atoms with Crippen LogP contribution in [0.25, 0.3) is 22.3 Å². The third kappa shape index (κ3) is 2.81. The minimum atomic E-state index is -4.96. The molecule has 31 heavy (non-hydrogen) atoms. The molecule has 1 atom stereocenters. The Labute approximate surface area is 176 Å². The van der Waals surface area contributed by atoms with Crippen LogP contribution in [0.5, 0.6) is 0 Å². The molecular weight excluding hydrogens is 407 g/mol. The maximum absolute atomic E-state index is 14.3. The molecule has 8 heteroatoms. The largest absolute Gasteiger partial charge is 0.425 e. The molecule has 1 aliphatic heterocycles. The average molecular weight is 427 g/mol. The number of fused-ring (bicyclic) bond motifs is 3. The lowest BCUT2D eigenvalue weighted by Gasteiger charge is -2.29. The Bertz CT molecular complexity index is 1200. The summed E-state index contributed by atoms with van der Waals surface area (Å²) in [4.78, 5) is 14.8. The first kappa shape index (κ1) is 19.8. The van der Waals surface area contributed by atoms with Crippen molar-refractivity contribution in [3.05, 3.63) is 65.5 Å². The van der Waals surface area contributed by atoms with E-state index in [2.05, 4.69) is 5.10 Å². The molecule has 0 bridgehead atoms. The Balaban J connectivity index is 1.83. The molecule has 3 aromatic rings. The minimum absolute atomic E-state index is 0.134. The lowest BCUT2D eigenvalue weighted by molar-refractivity contribution is -0.246. The number of hydrogen-bond donors (Lipinski definition) is 1. The third-order valence-corrected chi connectivity index (χ3v) is 6.18. The molecule has 5 nitrogen and oxygen atoms in total. The quantitative estimate of drug-likeness (QED) is 0.670. The molecule has 1 N–H and O–H groups in total. The number of hydrogen-bond acceptors (Lipinski definition) is 3. The second-order valence-electron chi connectivity index (χ2n) is 8.10. The fourth-order valence-electron chi connectivity index (χ4n) is 4.70. The summed E-state index contributed by atoms with van der Waals surface area (Å²) in [5.74, 6) is -0.328. The second kappa shape index (κ2) is 6.68. The number of alkyl halides is 3. The van der Waals surface area contributed by atoms with E-state index in [0.717, 1.165) is 12.8 Å². The molecule has 5 rings (SSSR count). The molecule has 1 unspecified atom stereocenters. The van der Waals surface area contributed by atoms with E-state index in [1.165, 1.54) is 18.2 Å². The van der Waals surface area contributed by atoms with E-state index in [9.17, 15) is 23.1 Å². The van der Waals surface area contributed by atoms with Gasteiger partial charge in [-0.1, -0.05) is 24.3 Å². The number of halogens is 3. The smallest absolute Gasteiger partial charge is 0.372 e. The summed E-state index contributed by atoms with van der Waals surface area (Å²) in [5, 5.41) is 15.3. The van der Waals surface area contributed by atoms with Crippen molar-refractivity contribution in [1.29, 1.82) is 0 Å². The minimum Gasteiger partial charge on any atom is -0.372 e. The second-order valence-corrected chi connectivity index (χ2v) is 8.10. The predicted molar refractivity (Wildman–Crippen MR) is 108 cm³/mol. The first-order chi connectivity index (χ1) is 14.7. The Morgan fingerprint density at radius 2 is 1.81 bits per heavy atom. The average Bonchev–Trinajstić information content (AvgIpc) is 3.47. The van der Waals surface area contributed by atoms with Gasteiger partial charge in [0, 0.05) is 48.6 Å². The van der Waals surface area contributed by atoms with Crippen LogP contribution < -0.4 is 0 Å². The zero-order valence-corrected chi connectivity index (χ0v) is 16.8. The van der Waals surface area contributed by atoms with Crippen molar-refractivity contribution >= 4 is 5.91 Å². The van der Waals surface area contributed by atoms with Crippen molar-refractivity contribution in [1.82, 2.24) is 14.7 Å². The molecule has 160 valence electrons. The number of rotatable bonds is 2. The Kier molecular flexibility index (Phi) is 4.27. The summed E-state index contributed by atoms with van der Waals surface area (Å²) < 4.78 is 44.5. The Hall–Kier alpha value is -3.13. The molecule has 1 saturated heterocycles. The molecule has 0 saturated carbocycles. The number of benzene rings is 2. The van der Waals surface area contributed by atoms with Gasteiger partial charge >= 0.3 is 6.18 Å². The summed E-state index contributed by atoms with van der Waals surface area (Å²) in [6, 6.07) is 8.80. The molecule has 0 radical (unpaired) electrons. The molecule has 2 aromatic carbocycles. The number of nitrogens with zero attached hydrogens (tertiary/aromatic N) is 3. The number of aryl methyl sites for hydroxylation is 1. The van der Waals surface area contributed by atoms with Crippen LogP contribution in [0.2, 0.25) is 0 Å². The van der Waals surface area contributed by atoms with Crippen molar-refractivity contribution in [3.8, 4) is 22.3 Å². The van der Waals surface area contributed by atoms with Crippen LogP contribution in [0, 0.1) is 0 Å². The lowest BCUT2D eigenvalue weighted by atomic mass is 9.87. The van der Waals surface area contributed by atoms with Gasteiger partial charge in [0.15, 0.2) is 0 Å². The highest BCUT2D eigenvalue weighted by atomic mass is 19.4. The fourth-order valence-corrected chi connectivity index (χ4v) is 4.70. The summed E-state index contributed by atoms with van der Waals surface area (Å²) in [7, 11) is 1.71. The number of likely N-dealkylation sites (tertiary alicyclic amines) is 1. The Morgan fingerprint density at radius 1 is 1.10 bits per heavy atom. The number of carbonyl (C=O) groups excluding carboxylic acids is 1. The highest BCUT2D eigenvalue weighted by molar-refractivity contribution is 6.01. The van der Waals surface area contributed by atoms with Gasteiger partial charge < -0.3 is 10.0 Å². The van der Waals surface area contributed by atoms with E-state index in [4.69, 9.17) is 0 Å². The van der Waals surface area contributed by atoms with Gasteiger partial charge in [0.1, 0.15) is 0 Å². The number of aliphatic hydroxyl groups is 1. The standard InChI is InChI=1S/C23H20F3N3O2/c1-28-13-15(12-27-28)17-10-14(21(30)29-8-4-5-9-29)11-19-20(17)16-6-2-3-7-18(16)22(19,31)23(24,25)26/h2-3,6-7,10-13,31H,4-5,8-9H2,1H3. The van der Waals surface area contributed by atoms with Gasteiger partial charge in [-0.2, -0.15) is 18.3 Å². The van der Waals surface area contributed by atoms with Crippen LogP contribution >= 0.6 is 0 Å². The number of carbonyl (C=O) groups is 1. The van der Waals surface area contributed by atoms with Crippen LogP contribution in [0.15, 0.2) is 48.8 Å². The summed E-state index contributed by atoms with van der Waals surface area (Å²) in [6.45, 7) is 1.14. The molecule has 1 fully saturated rings. The van der Waals surface area contributed by atoms with Crippen LogP contribution in [-0.4, -0.2) is 45.0 Å². The highest BCUT2D eigenvalue weighted by Crippen LogP contribution is 2.57. The van der Waals surface area contributed by atoms with Crippen LogP contribution in [0.1, 0.15) is 34.3 Å². The van der Waals surface area contributed by atoms with E-state index in [0.29, 0.717) is 29.8 Å². The van der Waals surface area contributed by atoms with Crippen LogP contribution in [0.3, 0.4) is 0 Å². The maximum atomic E-state index is 14.3. The van der Waals surface area contributed by atoms with Crippen LogP contribution in [-0.2, 0) is 12.6 Å². The zero-order chi connectivity index (χ0) is 22.0. The van der Waals surface area contributed by atoms with Gasteiger partial charge in [-0.05, 0) is 41.7 Å².